The van der Waals surface area contributed by atoms with Crippen LogP contribution in [0.2, 0.25) is 0 Å². The van der Waals surface area contributed by atoms with Crippen LogP contribution in [0.15, 0.2) is 48.1 Å². The number of hydrogen-bond acceptors (Lipinski definition) is 3. The average molecular weight is 295 g/mol. The molecule has 2 atom stereocenters. The van der Waals surface area contributed by atoms with E-state index in [0.717, 1.165) is 5.57 Å². The second-order valence-corrected chi connectivity index (χ2v) is 4.03. The number of cyclic esters (lactones) is 1. The Morgan fingerprint density at radius 1 is 1.16 bits per heavy atom. The van der Waals surface area contributed by atoms with Gasteiger partial charge in [0.25, 0.3) is 0 Å². The maximum absolute atomic E-state index is 10.9. The first-order chi connectivity index (χ1) is 8.81. The third-order valence-corrected chi connectivity index (χ3v) is 2.75. The second-order valence-electron chi connectivity index (χ2n) is 4.03. The third kappa shape index (κ3) is 4.24. The van der Waals surface area contributed by atoms with E-state index in [1.807, 2.05) is 55.4 Å². The van der Waals surface area contributed by atoms with E-state index in [9.17, 15) is 4.79 Å². The maximum atomic E-state index is 10.9. The van der Waals surface area contributed by atoms with Crippen LogP contribution in [-0.4, -0.2) is 12.1 Å². The number of nitrogens with zero attached hydrogens (tertiary/aromatic N) is 1. The van der Waals surface area contributed by atoms with Gasteiger partial charge in [-0.25, -0.2) is 0 Å². The predicted octanol–water partition coefficient (Wildman–Crippen LogP) is 2.46. The van der Waals surface area contributed by atoms with Crippen LogP contribution in [0.4, 0.5) is 0 Å². The minimum atomic E-state index is -0.354. The zero-order valence-corrected chi connectivity index (χ0v) is 11.3. The van der Waals surface area contributed by atoms with Gasteiger partial charge in [0.2, 0.25) is 0 Å². The second kappa shape index (κ2) is 7.78. The van der Waals surface area contributed by atoms with Crippen LogP contribution in [0.25, 0.3) is 0 Å². The summed E-state index contributed by atoms with van der Waals surface area (Å²) >= 11 is 0. The summed E-state index contributed by atoms with van der Waals surface area (Å²) in [6.07, 6.45) is 17.3. The van der Waals surface area contributed by atoms with E-state index >= 15 is 0 Å². The molecular weight excluding hydrogens is 282 g/mol. The van der Waals surface area contributed by atoms with Crippen molar-refractivity contribution in [3.05, 3.63) is 60.9 Å². The van der Waals surface area contributed by atoms with Crippen molar-refractivity contribution < 1.29 is 26.6 Å². The molecule has 0 unspecified atom stereocenters. The number of rotatable bonds is 1. The fourth-order valence-corrected chi connectivity index (χ4v) is 1.87. The summed E-state index contributed by atoms with van der Waals surface area (Å²) in [5.74, 6) is -0.604. The molecule has 0 N–H and O–H groups in total. The molecule has 19 heavy (non-hydrogen) atoms. The number of esters is 1. The topological polar surface area (TPSA) is 50.1 Å². The number of carbonyl (C=O) groups excluding carboxylic acids is 1. The standard InChI is InChI=1S/C10H8NO2.C5H5.Fe/c11-6-8-5-9(12)13-10(8)7-3-1-2-4-7;1-2-4-5-3-1;/h1-4,8,10H,5H2;1-5H;/t8-,10+;;/m0../s1. The Bertz CT molecular complexity index is 473. The molecule has 0 aromatic heterocycles. The molecule has 4 heteroatoms. The minimum Gasteiger partial charge on any atom is -0.456 e. The molecule has 0 aromatic carbocycles. The monoisotopic (exact) mass is 295 g/mol. The van der Waals surface area contributed by atoms with Gasteiger partial charge in [-0.15, -0.1) is 0 Å². The van der Waals surface area contributed by atoms with Crippen LogP contribution in [-0.2, 0) is 26.6 Å². The van der Waals surface area contributed by atoms with Gasteiger partial charge in [-0.3, -0.25) is 4.79 Å². The van der Waals surface area contributed by atoms with Gasteiger partial charge >= 0.3 is 5.97 Å². The van der Waals surface area contributed by atoms with Crippen molar-refractivity contribution in [2.45, 2.75) is 12.5 Å². The molecule has 1 aliphatic heterocycles. The van der Waals surface area contributed by atoms with Gasteiger partial charge in [-0.2, -0.15) is 5.26 Å². The summed E-state index contributed by atoms with van der Waals surface area (Å²) in [4.78, 5) is 10.9. The number of ether oxygens (including phenoxy) is 1. The molecule has 0 spiro atoms. The Kier molecular flexibility index (Phi) is 6.35. The van der Waals surface area contributed by atoms with Crippen molar-refractivity contribution in [3.8, 4) is 6.07 Å². The maximum Gasteiger partial charge on any atom is 0.307 e. The van der Waals surface area contributed by atoms with Gasteiger partial charge in [0.1, 0.15) is 6.10 Å². The van der Waals surface area contributed by atoms with Gasteiger partial charge in [0, 0.05) is 29.9 Å². The largest absolute Gasteiger partial charge is 0.456 e. The number of nitriles is 1. The van der Waals surface area contributed by atoms with Crippen molar-refractivity contribution in [1.29, 1.82) is 5.26 Å². The average Bonchev–Trinajstić information content (AvgIpc) is 3.12. The third-order valence-electron chi connectivity index (χ3n) is 2.75. The molecule has 2 aliphatic carbocycles. The smallest absolute Gasteiger partial charge is 0.307 e. The van der Waals surface area contributed by atoms with Crippen LogP contribution in [0.5, 0.6) is 0 Å². The molecule has 3 nitrogen and oxygen atoms in total. The van der Waals surface area contributed by atoms with Gasteiger partial charge < -0.3 is 4.74 Å². The minimum absolute atomic E-state index is 0. The van der Waals surface area contributed by atoms with E-state index in [1.54, 1.807) is 0 Å². The number of allylic oxidation sites excluding steroid dienone is 7. The number of carbonyl (C=O) groups is 1. The molecule has 0 aromatic rings. The predicted molar refractivity (Wildman–Crippen MR) is 67.7 cm³/mol. The van der Waals surface area contributed by atoms with Crippen LogP contribution >= 0.6 is 0 Å². The zero-order chi connectivity index (χ0) is 12.8. The Morgan fingerprint density at radius 3 is 2.37 bits per heavy atom. The summed E-state index contributed by atoms with van der Waals surface area (Å²) in [7, 11) is 0. The molecule has 1 saturated heterocycles. The summed E-state index contributed by atoms with van der Waals surface area (Å²) in [5.41, 5.74) is 0.914. The van der Waals surface area contributed by atoms with Gasteiger partial charge in [0.05, 0.1) is 18.4 Å². The molecule has 2 radical (unpaired) electrons. The van der Waals surface area contributed by atoms with Gasteiger partial charge in [-0.05, 0) is 5.57 Å². The molecule has 1 heterocycles. The first kappa shape index (κ1) is 15.5. The van der Waals surface area contributed by atoms with Gasteiger partial charge in [0.15, 0.2) is 0 Å². The number of hydrogen-bond donors (Lipinski definition) is 0. The molecule has 0 bridgehead atoms. The van der Waals surface area contributed by atoms with Crippen LogP contribution in [0.1, 0.15) is 6.42 Å². The van der Waals surface area contributed by atoms with Crippen molar-refractivity contribution in [2.75, 3.05) is 0 Å². The van der Waals surface area contributed by atoms with Crippen LogP contribution in [0.3, 0.4) is 0 Å². The quantitative estimate of drug-likeness (QED) is 0.551. The summed E-state index contributed by atoms with van der Waals surface area (Å²) < 4.78 is 5.05. The fourth-order valence-electron chi connectivity index (χ4n) is 1.87. The van der Waals surface area contributed by atoms with Crippen molar-refractivity contribution in [2.24, 2.45) is 5.92 Å². The summed E-state index contributed by atoms with van der Waals surface area (Å²) in [5, 5.41) is 8.77. The van der Waals surface area contributed by atoms with Gasteiger partial charge in [-0.1, -0.05) is 42.5 Å². The Balaban J connectivity index is 0.000000256. The molecule has 98 valence electrons. The summed E-state index contributed by atoms with van der Waals surface area (Å²) in [6.45, 7) is 0. The Morgan fingerprint density at radius 2 is 1.89 bits per heavy atom. The first-order valence-electron chi connectivity index (χ1n) is 5.78. The molecule has 1 fully saturated rings. The van der Waals surface area contributed by atoms with Crippen LogP contribution in [0, 0.1) is 30.1 Å². The van der Waals surface area contributed by atoms with E-state index in [4.69, 9.17) is 10.00 Å². The van der Waals surface area contributed by atoms with E-state index < -0.39 is 0 Å². The SMILES string of the molecule is N#C[C@@H]1CC(=O)O[C@@H]1C1=CC=C[CH]1.[CH]1C=CC=C1.[Fe]. The van der Waals surface area contributed by atoms with E-state index in [0.29, 0.717) is 0 Å². The Labute approximate surface area is 123 Å². The van der Waals surface area contributed by atoms with Crippen molar-refractivity contribution >= 4 is 5.97 Å². The van der Waals surface area contributed by atoms with Crippen molar-refractivity contribution in [3.63, 3.8) is 0 Å². The molecule has 0 saturated carbocycles. The molecule has 3 aliphatic rings. The fraction of sp³-hybridized carbons (Fsp3) is 0.200. The molecule has 3 rings (SSSR count). The first-order valence-corrected chi connectivity index (χ1v) is 5.78. The zero-order valence-electron chi connectivity index (χ0n) is 10.2. The van der Waals surface area contributed by atoms with Crippen LogP contribution < -0.4 is 0 Å². The molecule has 0 amide bonds. The summed E-state index contributed by atoms with van der Waals surface area (Å²) in [6, 6.07) is 2.09. The molecular formula is C15H13FeNO2. The van der Waals surface area contributed by atoms with E-state index in [-0.39, 0.29) is 41.5 Å². The Hall–Kier alpha value is -1.56. The van der Waals surface area contributed by atoms with Crippen molar-refractivity contribution in [1.82, 2.24) is 0 Å². The van der Waals surface area contributed by atoms with E-state index in [2.05, 4.69) is 6.07 Å². The van der Waals surface area contributed by atoms with E-state index in [1.165, 1.54) is 0 Å². The normalized spacial score (nSPS) is 26.1.